The van der Waals surface area contributed by atoms with E-state index < -0.39 is 5.54 Å². The zero-order valence-corrected chi connectivity index (χ0v) is 20.8. The number of pyridine rings is 1. The van der Waals surface area contributed by atoms with Gasteiger partial charge in [0.2, 0.25) is 5.88 Å². The van der Waals surface area contributed by atoms with E-state index in [9.17, 15) is 10.1 Å². The number of aromatic nitrogens is 7. The lowest BCUT2D eigenvalue weighted by atomic mass is 9.93. The molecule has 1 aliphatic rings. The normalized spacial score (nSPS) is 18.2. The van der Waals surface area contributed by atoms with Gasteiger partial charge in [-0.15, -0.1) is 5.10 Å². The molecule has 4 heterocycles. The smallest absolute Gasteiger partial charge is 0.266 e. The highest BCUT2D eigenvalue weighted by Gasteiger charge is 2.28. The standard InChI is InChI=1S/C25H29N9O2/c1-25(2,15-26)33-14-16(12-29-33)24-19-13-28-21(27-3)11-20(19)34(31-24)17-5-7-18(8-6-17)36-22-9-10-23(35)32(4)30-22/h9-14,17-18H,5-8H2,1-4H3,(H,27,28)/t17-,18+. The second kappa shape index (κ2) is 9.11. The van der Waals surface area contributed by atoms with Gasteiger partial charge in [0.15, 0.2) is 0 Å². The van der Waals surface area contributed by atoms with Crippen LogP contribution in [-0.2, 0) is 12.6 Å². The third-order valence-corrected chi connectivity index (χ3v) is 6.76. The van der Waals surface area contributed by atoms with Gasteiger partial charge in [0.05, 0.1) is 23.8 Å². The summed E-state index contributed by atoms with van der Waals surface area (Å²) < 4.78 is 11.1. The fraction of sp³-hybridized carbons (Fsp3) is 0.440. The van der Waals surface area contributed by atoms with Gasteiger partial charge in [0, 0.05) is 55.6 Å². The lowest BCUT2D eigenvalue weighted by Gasteiger charge is -2.29. The number of ether oxygens (including phenoxy) is 1. The van der Waals surface area contributed by atoms with E-state index in [2.05, 4.69) is 31.2 Å². The number of nitrogens with zero attached hydrogens (tertiary/aromatic N) is 8. The van der Waals surface area contributed by atoms with Gasteiger partial charge in [-0.3, -0.25) is 14.2 Å². The van der Waals surface area contributed by atoms with Crippen molar-refractivity contribution in [2.75, 3.05) is 12.4 Å². The van der Waals surface area contributed by atoms with E-state index in [1.165, 1.54) is 10.7 Å². The van der Waals surface area contributed by atoms with Crippen molar-refractivity contribution in [2.24, 2.45) is 7.05 Å². The maximum Gasteiger partial charge on any atom is 0.266 e. The Morgan fingerprint density at radius 3 is 2.64 bits per heavy atom. The van der Waals surface area contributed by atoms with Gasteiger partial charge in [-0.2, -0.15) is 15.5 Å². The van der Waals surface area contributed by atoms with Crippen LogP contribution in [0.2, 0.25) is 0 Å². The average Bonchev–Trinajstić information content (AvgIpc) is 3.52. The maximum atomic E-state index is 11.6. The van der Waals surface area contributed by atoms with Gasteiger partial charge in [0.25, 0.3) is 5.56 Å². The highest BCUT2D eigenvalue weighted by atomic mass is 16.5. The minimum Gasteiger partial charge on any atom is -0.473 e. The highest BCUT2D eigenvalue weighted by molar-refractivity contribution is 5.93. The molecule has 1 fully saturated rings. The van der Waals surface area contributed by atoms with Gasteiger partial charge < -0.3 is 10.1 Å². The molecule has 4 aromatic rings. The Kier molecular flexibility index (Phi) is 5.96. The number of aryl methyl sites for hydroxylation is 1. The monoisotopic (exact) mass is 487 g/mol. The van der Waals surface area contributed by atoms with E-state index in [0.29, 0.717) is 5.88 Å². The predicted octanol–water partition coefficient (Wildman–Crippen LogP) is 3.25. The van der Waals surface area contributed by atoms with Crippen LogP contribution in [0.3, 0.4) is 0 Å². The average molecular weight is 488 g/mol. The molecule has 4 aromatic heterocycles. The number of hydrogen-bond acceptors (Lipinski definition) is 8. The SMILES string of the molecule is CNc1cc2c(cn1)c(-c1cnn(C(C)(C)C#N)c1)nn2[C@H]1CC[C@@H](Oc2ccc(=O)n(C)n2)CC1. The number of hydrogen-bond donors (Lipinski definition) is 1. The highest BCUT2D eigenvalue weighted by Crippen LogP contribution is 2.36. The molecule has 0 bridgehead atoms. The van der Waals surface area contributed by atoms with Crippen LogP contribution in [0.5, 0.6) is 5.88 Å². The molecule has 5 rings (SSSR count). The molecule has 11 nitrogen and oxygen atoms in total. The molecule has 0 aliphatic heterocycles. The summed E-state index contributed by atoms with van der Waals surface area (Å²) in [5.41, 5.74) is 1.73. The molecule has 0 spiro atoms. The van der Waals surface area contributed by atoms with Crippen LogP contribution >= 0.6 is 0 Å². The molecule has 0 amide bonds. The van der Waals surface area contributed by atoms with Crippen LogP contribution in [0.15, 0.2) is 41.6 Å². The number of anilines is 1. The van der Waals surface area contributed by atoms with E-state index in [-0.39, 0.29) is 17.7 Å². The molecule has 36 heavy (non-hydrogen) atoms. The largest absolute Gasteiger partial charge is 0.473 e. The van der Waals surface area contributed by atoms with Crippen LogP contribution in [0.25, 0.3) is 22.2 Å². The Hall–Kier alpha value is -4.20. The van der Waals surface area contributed by atoms with Crippen molar-refractivity contribution in [2.45, 2.75) is 57.2 Å². The van der Waals surface area contributed by atoms with Crippen molar-refractivity contribution in [3.8, 4) is 23.2 Å². The third-order valence-electron chi connectivity index (χ3n) is 6.76. The molecular weight excluding hydrogens is 458 g/mol. The first-order chi connectivity index (χ1) is 17.3. The second-order valence-corrected chi connectivity index (χ2v) is 9.66. The summed E-state index contributed by atoms with van der Waals surface area (Å²) >= 11 is 0. The molecule has 1 aliphatic carbocycles. The summed E-state index contributed by atoms with van der Waals surface area (Å²) in [5.74, 6) is 1.24. The molecule has 0 atom stereocenters. The second-order valence-electron chi connectivity index (χ2n) is 9.66. The first-order valence-corrected chi connectivity index (χ1v) is 12.0. The number of fused-ring (bicyclic) bond motifs is 1. The third kappa shape index (κ3) is 4.30. The molecular formula is C25H29N9O2. The van der Waals surface area contributed by atoms with Crippen molar-refractivity contribution in [1.82, 2.24) is 34.3 Å². The molecule has 1 saturated carbocycles. The van der Waals surface area contributed by atoms with Gasteiger partial charge in [0.1, 0.15) is 23.2 Å². The van der Waals surface area contributed by atoms with Gasteiger partial charge in [-0.05, 0) is 39.5 Å². The molecule has 0 radical (unpaired) electrons. The quantitative estimate of drug-likeness (QED) is 0.439. The van der Waals surface area contributed by atoms with Crippen LogP contribution in [0, 0.1) is 11.3 Å². The van der Waals surface area contributed by atoms with E-state index in [4.69, 9.17) is 9.84 Å². The Bertz CT molecular complexity index is 1500. The van der Waals surface area contributed by atoms with Crippen molar-refractivity contribution in [3.05, 3.63) is 47.1 Å². The van der Waals surface area contributed by atoms with Crippen LogP contribution in [-0.4, -0.2) is 47.5 Å². The molecule has 11 heteroatoms. The Balaban J connectivity index is 1.42. The lowest BCUT2D eigenvalue weighted by molar-refractivity contribution is 0.123. The summed E-state index contributed by atoms with van der Waals surface area (Å²) in [4.78, 5) is 16.1. The van der Waals surface area contributed by atoms with Crippen molar-refractivity contribution >= 4 is 16.7 Å². The van der Waals surface area contributed by atoms with Gasteiger partial charge in [-0.1, -0.05) is 0 Å². The minimum atomic E-state index is -0.757. The van der Waals surface area contributed by atoms with Gasteiger partial charge in [-0.25, -0.2) is 9.67 Å². The number of nitrogens with one attached hydrogen (secondary N) is 1. The minimum absolute atomic E-state index is 0.0357. The molecule has 0 aromatic carbocycles. The Morgan fingerprint density at radius 1 is 1.17 bits per heavy atom. The van der Waals surface area contributed by atoms with Crippen molar-refractivity contribution < 1.29 is 4.74 Å². The maximum absolute atomic E-state index is 11.6. The van der Waals surface area contributed by atoms with Crippen LogP contribution < -0.4 is 15.6 Å². The summed E-state index contributed by atoms with van der Waals surface area (Å²) in [6.45, 7) is 3.65. The fourth-order valence-electron chi connectivity index (χ4n) is 4.58. The summed E-state index contributed by atoms with van der Waals surface area (Å²) in [6, 6.07) is 7.60. The molecule has 186 valence electrons. The summed E-state index contributed by atoms with van der Waals surface area (Å²) in [7, 11) is 3.46. The zero-order valence-electron chi connectivity index (χ0n) is 20.8. The zero-order chi connectivity index (χ0) is 25.4. The first-order valence-electron chi connectivity index (χ1n) is 12.0. The molecule has 1 N–H and O–H groups in total. The van der Waals surface area contributed by atoms with Crippen LogP contribution in [0.4, 0.5) is 5.82 Å². The van der Waals surface area contributed by atoms with Crippen molar-refractivity contribution in [1.29, 1.82) is 5.26 Å². The van der Waals surface area contributed by atoms with E-state index in [1.807, 2.05) is 39.4 Å². The fourth-order valence-corrected chi connectivity index (χ4v) is 4.58. The van der Waals surface area contributed by atoms with E-state index in [1.54, 1.807) is 24.0 Å². The van der Waals surface area contributed by atoms with E-state index in [0.717, 1.165) is 53.7 Å². The summed E-state index contributed by atoms with van der Waals surface area (Å²) in [5, 5.41) is 27.2. The Labute approximate surface area is 208 Å². The number of rotatable bonds is 6. The van der Waals surface area contributed by atoms with Crippen LogP contribution in [0.1, 0.15) is 45.6 Å². The summed E-state index contributed by atoms with van der Waals surface area (Å²) in [6.07, 6.45) is 8.98. The lowest BCUT2D eigenvalue weighted by Crippen LogP contribution is -2.27. The number of nitriles is 1. The first kappa shape index (κ1) is 23.5. The molecule has 0 saturated heterocycles. The van der Waals surface area contributed by atoms with Gasteiger partial charge >= 0.3 is 0 Å². The Morgan fingerprint density at radius 2 is 1.94 bits per heavy atom. The molecule has 0 unspecified atom stereocenters. The van der Waals surface area contributed by atoms with E-state index >= 15 is 0 Å². The van der Waals surface area contributed by atoms with Crippen molar-refractivity contribution in [3.63, 3.8) is 0 Å². The topological polar surface area (TPSA) is 128 Å². The predicted molar refractivity (Wildman–Crippen MR) is 135 cm³/mol.